The molecule has 0 unspecified atom stereocenters. The summed E-state index contributed by atoms with van der Waals surface area (Å²) in [5.74, 6) is -0.125. The maximum atomic E-state index is 10.0. The molecule has 0 heterocycles. The van der Waals surface area contributed by atoms with Gasteiger partial charge < -0.3 is 2.85 Å². The number of carbonyl (C=O) groups excluding carboxylic acids is 2. The molecular weight excluding hydrogens is 138 g/mol. The topological polar surface area (TPSA) is 34.1 Å². The standard InChI is InChI=1S/C5H8O2.2Na.2H/c1-4(6)3-5(2)7;;;;/h3H2,1-2H3;;;;/q;2*+1;2*-1. The molecular formula is C5H10Na2O2. The summed E-state index contributed by atoms with van der Waals surface area (Å²) in [4.78, 5) is 20.1. The van der Waals surface area contributed by atoms with Crippen molar-refractivity contribution in [1.82, 2.24) is 0 Å². The second-order valence-electron chi connectivity index (χ2n) is 1.58. The summed E-state index contributed by atoms with van der Waals surface area (Å²) in [5, 5.41) is 0. The maximum Gasteiger partial charge on any atom is 1.00 e. The van der Waals surface area contributed by atoms with Crippen molar-refractivity contribution < 1.29 is 71.6 Å². The molecule has 9 heavy (non-hydrogen) atoms. The fourth-order valence-electron chi connectivity index (χ4n) is 0.351. The molecule has 0 atom stereocenters. The van der Waals surface area contributed by atoms with Crippen molar-refractivity contribution in [3.8, 4) is 0 Å². The number of rotatable bonds is 2. The van der Waals surface area contributed by atoms with Crippen LogP contribution in [0.15, 0.2) is 0 Å². The third kappa shape index (κ3) is 17.6. The molecule has 44 valence electrons. The minimum atomic E-state index is -0.0625. The van der Waals surface area contributed by atoms with E-state index in [2.05, 4.69) is 0 Å². The minimum Gasteiger partial charge on any atom is -1.00 e. The molecule has 0 aromatic rings. The largest absolute Gasteiger partial charge is 1.00 e. The second kappa shape index (κ2) is 9.34. The van der Waals surface area contributed by atoms with Crippen LogP contribution < -0.4 is 59.1 Å². The van der Waals surface area contributed by atoms with Gasteiger partial charge in [0.15, 0.2) is 0 Å². The van der Waals surface area contributed by atoms with E-state index in [1.165, 1.54) is 13.8 Å². The summed E-state index contributed by atoms with van der Waals surface area (Å²) in [7, 11) is 0. The van der Waals surface area contributed by atoms with Crippen LogP contribution >= 0.6 is 0 Å². The molecule has 0 aromatic carbocycles. The first-order chi connectivity index (χ1) is 3.13. The molecule has 0 N–H and O–H groups in total. The maximum absolute atomic E-state index is 10.0. The number of hydrogen-bond acceptors (Lipinski definition) is 2. The van der Waals surface area contributed by atoms with Gasteiger partial charge in [0.25, 0.3) is 0 Å². The Balaban J connectivity index is -0.0000000300. The van der Waals surface area contributed by atoms with Crippen LogP contribution in [0, 0.1) is 0 Å². The Labute approximate surface area is 102 Å². The van der Waals surface area contributed by atoms with Crippen LogP contribution in [0.1, 0.15) is 23.1 Å². The van der Waals surface area contributed by atoms with Crippen molar-refractivity contribution in [2.24, 2.45) is 0 Å². The van der Waals surface area contributed by atoms with E-state index >= 15 is 0 Å². The monoisotopic (exact) mass is 148 g/mol. The minimum absolute atomic E-state index is 0. The summed E-state index contributed by atoms with van der Waals surface area (Å²) >= 11 is 0. The fourth-order valence-corrected chi connectivity index (χ4v) is 0.351. The van der Waals surface area contributed by atoms with Crippen molar-refractivity contribution >= 4 is 11.6 Å². The Morgan fingerprint density at radius 3 is 1.33 bits per heavy atom. The predicted molar refractivity (Wildman–Crippen MR) is 28.2 cm³/mol. The van der Waals surface area contributed by atoms with Gasteiger partial charge in [-0.05, 0) is 13.8 Å². The van der Waals surface area contributed by atoms with Crippen LogP contribution in [0.5, 0.6) is 0 Å². The van der Waals surface area contributed by atoms with Crippen LogP contribution in [0.2, 0.25) is 0 Å². The summed E-state index contributed by atoms with van der Waals surface area (Å²) in [6.07, 6.45) is 0.0833. The molecule has 4 heteroatoms. The van der Waals surface area contributed by atoms with E-state index in [1.54, 1.807) is 0 Å². The molecule has 2 nitrogen and oxygen atoms in total. The van der Waals surface area contributed by atoms with Crippen LogP contribution in [0.4, 0.5) is 0 Å². The molecule has 0 saturated heterocycles. The zero-order chi connectivity index (χ0) is 5.86. The number of hydrogen-bond donors (Lipinski definition) is 0. The van der Waals surface area contributed by atoms with E-state index in [0.717, 1.165) is 0 Å². The van der Waals surface area contributed by atoms with E-state index in [4.69, 9.17) is 0 Å². The van der Waals surface area contributed by atoms with Crippen LogP contribution in [0.25, 0.3) is 0 Å². The summed E-state index contributed by atoms with van der Waals surface area (Å²) < 4.78 is 0. The molecule has 0 aliphatic heterocycles. The van der Waals surface area contributed by atoms with Gasteiger partial charge in [0.2, 0.25) is 0 Å². The zero-order valence-corrected chi connectivity index (χ0v) is 10.5. The van der Waals surface area contributed by atoms with E-state index in [0.29, 0.717) is 0 Å². The number of carbonyl (C=O) groups is 2. The molecule has 0 spiro atoms. The second-order valence-corrected chi connectivity index (χ2v) is 1.58. The Bertz CT molecular complexity index is 96.7. The Hall–Kier alpha value is 1.34. The molecule has 0 aromatic heterocycles. The van der Waals surface area contributed by atoms with Gasteiger partial charge in [-0.3, -0.25) is 9.59 Å². The van der Waals surface area contributed by atoms with Gasteiger partial charge in [0.05, 0.1) is 6.42 Å². The van der Waals surface area contributed by atoms with Crippen molar-refractivity contribution in [1.29, 1.82) is 0 Å². The first kappa shape index (κ1) is 16.7. The SMILES string of the molecule is CC(=O)CC(C)=O.[H-].[H-].[Na+].[Na+]. The molecule has 0 fully saturated rings. The number of ketones is 2. The Kier molecular flexibility index (Phi) is 17.4. The van der Waals surface area contributed by atoms with E-state index in [1.807, 2.05) is 0 Å². The van der Waals surface area contributed by atoms with Crippen molar-refractivity contribution in [2.75, 3.05) is 0 Å². The molecule has 0 rings (SSSR count). The Morgan fingerprint density at radius 1 is 1.11 bits per heavy atom. The average Bonchev–Trinajstić information content (AvgIpc) is 1.27. The van der Waals surface area contributed by atoms with Crippen LogP contribution in [-0.2, 0) is 9.59 Å². The van der Waals surface area contributed by atoms with Crippen LogP contribution in [0.3, 0.4) is 0 Å². The van der Waals surface area contributed by atoms with Gasteiger partial charge in [0.1, 0.15) is 11.6 Å². The summed E-state index contributed by atoms with van der Waals surface area (Å²) in [6, 6.07) is 0. The molecule has 0 aliphatic rings. The van der Waals surface area contributed by atoms with Gasteiger partial charge in [-0.2, -0.15) is 0 Å². The molecule has 0 saturated carbocycles. The van der Waals surface area contributed by atoms with Crippen molar-refractivity contribution in [2.45, 2.75) is 20.3 Å². The van der Waals surface area contributed by atoms with Gasteiger partial charge in [-0.25, -0.2) is 0 Å². The molecule has 0 bridgehead atoms. The number of Topliss-reactive ketones (excluding diaryl/α,β-unsaturated/α-hetero) is 2. The molecule has 0 radical (unpaired) electrons. The molecule has 0 aliphatic carbocycles. The normalized spacial score (nSPS) is 6.44. The quantitative estimate of drug-likeness (QED) is 0.290. The third-order valence-corrected chi connectivity index (χ3v) is 0.498. The smallest absolute Gasteiger partial charge is 1.00 e. The Morgan fingerprint density at radius 2 is 1.33 bits per heavy atom. The van der Waals surface area contributed by atoms with E-state index in [-0.39, 0.29) is 80.0 Å². The van der Waals surface area contributed by atoms with Crippen LogP contribution in [-0.4, -0.2) is 11.6 Å². The first-order valence-electron chi connectivity index (χ1n) is 2.12. The summed E-state index contributed by atoms with van der Waals surface area (Å²) in [6.45, 7) is 2.81. The zero-order valence-electron chi connectivity index (χ0n) is 8.52. The van der Waals surface area contributed by atoms with Crippen molar-refractivity contribution in [3.63, 3.8) is 0 Å². The third-order valence-electron chi connectivity index (χ3n) is 0.498. The fraction of sp³-hybridized carbons (Fsp3) is 0.600. The van der Waals surface area contributed by atoms with Gasteiger partial charge in [-0.1, -0.05) is 0 Å². The van der Waals surface area contributed by atoms with Gasteiger partial charge >= 0.3 is 59.1 Å². The first-order valence-corrected chi connectivity index (χ1v) is 2.12. The van der Waals surface area contributed by atoms with Crippen molar-refractivity contribution in [3.05, 3.63) is 0 Å². The van der Waals surface area contributed by atoms with Gasteiger partial charge in [0, 0.05) is 0 Å². The molecule has 0 amide bonds. The van der Waals surface area contributed by atoms with Gasteiger partial charge in [-0.15, -0.1) is 0 Å². The predicted octanol–water partition coefficient (Wildman–Crippen LogP) is -5.21. The van der Waals surface area contributed by atoms with E-state index < -0.39 is 0 Å². The van der Waals surface area contributed by atoms with E-state index in [9.17, 15) is 9.59 Å². The average molecular weight is 148 g/mol. The summed E-state index contributed by atoms with van der Waals surface area (Å²) in [5.41, 5.74) is 0.